The zero-order chi connectivity index (χ0) is 12.8. The van der Waals surface area contributed by atoms with Gasteiger partial charge in [-0.1, -0.05) is 0 Å². The van der Waals surface area contributed by atoms with Crippen LogP contribution >= 0.6 is 0 Å². The number of hydrogen-bond donors (Lipinski definition) is 1. The number of fused-ring (bicyclic) bond motifs is 1. The van der Waals surface area contributed by atoms with Crippen LogP contribution in [0.4, 0.5) is 0 Å². The van der Waals surface area contributed by atoms with Crippen molar-refractivity contribution < 1.29 is 4.48 Å². The number of piperidine rings is 1. The molecule has 3 aliphatic heterocycles. The summed E-state index contributed by atoms with van der Waals surface area (Å²) in [6.45, 7) is 5.67. The molecule has 0 saturated carbocycles. The fourth-order valence-electron chi connectivity index (χ4n) is 3.31. The minimum Gasteiger partial charge on any atom is -0.346 e. The van der Waals surface area contributed by atoms with E-state index >= 15 is 0 Å². The Bertz CT molecular complexity index is 341. The summed E-state index contributed by atoms with van der Waals surface area (Å²) in [5.74, 6) is 1.15. The van der Waals surface area contributed by atoms with Crippen LogP contribution in [-0.2, 0) is 0 Å². The third-order valence-electron chi connectivity index (χ3n) is 4.74. The van der Waals surface area contributed by atoms with E-state index in [0.717, 1.165) is 30.0 Å². The van der Waals surface area contributed by atoms with E-state index in [9.17, 15) is 0 Å². The van der Waals surface area contributed by atoms with Crippen LogP contribution in [0.5, 0.6) is 0 Å². The summed E-state index contributed by atoms with van der Waals surface area (Å²) in [6.07, 6.45) is 3.79. The van der Waals surface area contributed by atoms with Gasteiger partial charge in [-0.25, -0.2) is 0 Å². The largest absolute Gasteiger partial charge is 0.346 e. The van der Waals surface area contributed by atoms with Crippen LogP contribution in [0.1, 0.15) is 19.3 Å². The summed E-state index contributed by atoms with van der Waals surface area (Å²) in [5, 5.41) is 7.05. The lowest BCUT2D eigenvalue weighted by Crippen LogP contribution is -2.59. The van der Waals surface area contributed by atoms with Crippen LogP contribution in [0.2, 0.25) is 0 Å². The highest BCUT2D eigenvalue weighted by atomic mass is 15.5. The molecule has 3 heterocycles. The Morgan fingerprint density at radius 1 is 1.17 bits per heavy atom. The van der Waals surface area contributed by atoms with E-state index in [1.165, 1.54) is 32.4 Å². The van der Waals surface area contributed by atoms with Gasteiger partial charge in [-0.2, -0.15) is 5.10 Å². The quantitative estimate of drug-likeness (QED) is 0.612. The second kappa shape index (κ2) is 4.38. The molecule has 2 atom stereocenters. The molecule has 0 aromatic carbocycles. The molecule has 0 amide bonds. The maximum Gasteiger partial charge on any atom is 0.144 e. The van der Waals surface area contributed by atoms with Gasteiger partial charge < -0.3 is 15.1 Å². The van der Waals surface area contributed by atoms with Gasteiger partial charge in [0.25, 0.3) is 0 Å². The summed E-state index contributed by atoms with van der Waals surface area (Å²) in [4.78, 5) is 2.42. The maximum atomic E-state index is 6.41. The summed E-state index contributed by atoms with van der Waals surface area (Å²) in [7, 11) is 4.61. The highest BCUT2D eigenvalue weighted by Gasteiger charge is 2.40. The van der Waals surface area contributed by atoms with Crippen molar-refractivity contribution in [2.45, 2.75) is 31.3 Å². The van der Waals surface area contributed by atoms with Crippen LogP contribution in [0.3, 0.4) is 0 Å². The summed E-state index contributed by atoms with van der Waals surface area (Å²) >= 11 is 0. The van der Waals surface area contributed by atoms with Gasteiger partial charge in [0, 0.05) is 6.54 Å². The molecule has 0 spiro atoms. The van der Waals surface area contributed by atoms with Gasteiger partial charge in [0.05, 0.1) is 52.4 Å². The molecule has 2 fully saturated rings. The predicted molar refractivity (Wildman–Crippen MR) is 73.2 cm³/mol. The molecule has 5 nitrogen and oxygen atoms in total. The lowest BCUT2D eigenvalue weighted by Gasteiger charge is -2.40. The lowest BCUT2D eigenvalue weighted by atomic mass is 9.98. The molecular formula is C13H26N5+. The Morgan fingerprint density at radius 2 is 1.89 bits per heavy atom. The maximum absolute atomic E-state index is 6.41. The second-order valence-electron chi connectivity index (χ2n) is 6.58. The first-order valence-corrected chi connectivity index (χ1v) is 7.24. The van der Waals surface area contributed by atoms with Gasteiger partial charge in [0.15, 0.2) is 0 Å². The van der Waals surface area contributed by atoms with E-state index in [0.29, 0.717) is 6.04 Å². The average molecular weight is 252 g/mol. The van der Waals surface area contributed by atoms with E-state index in [2.05, 4.69) is 24.0 Å². The molecular weight excluding hydrogens is 226 g/mol. The molecule has 3 rings (SSSR count). The van der Waals surface area contributed by atoms with Crippen LogP contribution in [0, 0.1) is 0 Å². The van der Waals surface area contributed by atoms with Crippen LogP contribution in [0.15, 0.2) is 5.10 Å². The van der Waals surface area contributed by atoms with Crippen molar-refractivity contribution in [3.8, 4) is 0 Å². The molecule has 2 saturated heterocycles. The molecule has 0 aliphatic carbocycles. The van der Waals surface area contributed by atoms with Crippen molar-refractivity contribution in [1.82, 2.24) is 9.91 Å². The van der Waals surface area contributed by atoms with Crippen LogP contribution in [0.25, 0.3) is 0 Å². The monoisotopic (exact) mass is 252 g/mol. The molecule has 0 aromatic rings. The number of amidine groups is 1. The number of hydrogen-bond acceptors (Lipinski definition) is 4. The fourth-order valence-corrected chi connectivity index (χ4v) is 3.31. The van der Waals surface area contributed by atoms with Crippen molar-refractivity contribution in [1.29, 1.82) is 0 Å². The molecule has 0 bridgehead atoms. The van der Waals surface area contributed by atoms with E-state index in [-0.39, 0.29) is 6.04 Å². The van der Waals surface area contributed by atoms with E-state index < -0.39 is 0 Å². The van der Waals surface area contributed by atoms with Crippen LogP contribution < -0.4 is 5.73 Å². The third kappa shape index (κ3) is 2.10. The number of rotatable bonds is 0. The van der Waals surface area contributed by atoms with E-state index in [1.807, 2.05) is 0 Å². The topological polar surface area (TPSA) is 44.9 Å². The zero-order valence-corrected chi connectivity index (χ0v) is 11.7. The smallest absolute Gasteiger partial charge is 0.144 e. The molecule has 102 valence electrons. The van der Waals surface area contributed by atoms with Crippen LogP contribution in [-0.4, -0.2) is 79.1 Å². The first-order chi connectivity index (χ1) is 8.57. The molecule has 2 N–H and O–H groups in total. The lowest BCUT2D eigenvalue weighted by molar-refractivity contribution is -0.894. The Hall–Kier alpha value is -0.810. The summed E-state index contributed by atoms with van der Waals surface area (Å²) < 4.78 is 1.12. The number of nitrogens with zero attached hydrogens (tertiary/aromatic N) is 4. The minimum atomic E-state index is 0.138. The Kier molecular flexibility index (Phi) is 2.98. The molecule has 0 radical (unpaired) electrons. The predicted octanol–water partition coefficient (Wildman–Crippen LogP) is -0.113. The van der Waals surface area contributed by atoms with Gasteiger partial charge in [0.1, 0.15) is 5.84 Å². The summed E-state index contributed by atoms with van der Waals surface area (Å²) in [5.41, 5.74) is 6.41. The minimum absolute atomic E-state index is 0.138. The first-order valence-electron chi connectivity index (χ1n) is 7.24. The molecule has 18 heavy (non-hydrogen) atoms. The number of nitrogens with two attached hydrogens (primary N) is 1. The van der Waals surface area contributed by atoms with Gasteiger partial charge in [-0.05, 0) is 19.3 Å². The molecule has 0 aromatic heterocycles. The van der Waals surface area contributed by atoms with Crippen molar-refractivity contribution in [2.24, 2.45) is 10.8 Å². The number of quaternary nitrogens is 1. The van der Waals surface area contributed by atoms with Gasteiger partial charge >= 0.3 is 0 Å². The molecule has 3 aliphatic rings. The fraction of sp³-hybridized carbons (Fsp3) is 0.923. The number of hydrazone groups is 1. The second-order valence-corrected chi connectivity index (χ2v) is 6.58. The summed E-state index contributed by atoms with van der Waals surface area (Å²) in [6, 6.07) is 0.609. The van der Waals surface area contributed by atoms with Crippen molar-refractivity contribution >= 4 is 5.84 Å². The third-order valence-corrected chi connectivity index (χ3v) is 4.74. The van der Waals surface area contributed by atoms with E-state index in [1.54, 1.807) is 0 Å². The van der Waals surface area contributed by atoms with Crippen molar-refractivity contribution in [2.75, 3.05) is 46.8 Å². The molecule has 1 unspecified atom stereocenters. The standard InChI is InChI=1S/C13H26N5/c1-18(2)9-7-16(8-10-18)13-12(14)11-5-3-4-6-17(11)15-13/h11-12H,3-10,14H2,1-2H3/q+1/t11-,12?/m0/s1. The zero-order valence-electron chi connectivity index (χ0n) is 11.7. The number of piperazine rings is 1. The SMILES string of the molecule is C[N+]1(C)CCN(C2=NN3CCCC[C@H]3C2N)CC1. The number of likely N-dealkylation sites (N-methyl/N-ethyl adjacent to an activating group) is 1. The van der Waals surface area contributed by atoms with Crippen molar-refractivity contribution in [3.63, 3.8) is 0 Å². The van der Waals surface area contributed by atoms with Gasteiger partial charge in [-0.15, -0.1) is 0 Å². The highest BCUT2D eigenvalue weighted by molar-refractivity contribution is 5.89. The van der Waals surface area contributed by atoms with Gasteiger partial charge in [-0.3, -0.25) is 5.01 Å². The Labute approximate surface area is 110 Å². The average Bonchev–Trinajstić information content (AvgIpc) is 2.68. The Balaban J connectivity index is 1.69. The van der Waals surface area contributed by atoms with Crippen molar-refractivity contribution in [3.05, 3.63) is 0 Å². The molecule has 5 heteroatoms. The van der Waals surface area contributed by atoms with E-state index in [4.69, 9.17) is 10.8 Å². The highest BCUT2D eigenvalue weighted by Crippen LogP contribution is 2.26. The first kappa shape index (κ1) is 12.2. The van der Waals surface area contributed by atoms with Gasteiger partial charge in [0.2, 0.25) is 0 Å². The normalized spacial score (nSPS) is 35.4. The Morgan fingerprint density at radius 3 is 2.56 bits per heavy atom.